The van der Waals surface area contributed by atoms with E-state index in [0.29, 0.717) is 25.2 Å². The molecular weight excluding hydrogens is 290 g/mol. The average molecular weight is 313 g/mol. The summed E-state index contributed by atoms with van der Waals surface area (Å²) in [6.07, 6.45) is 3.60. The summed E-state index contributed by atoms with van der Waals surface area (Å²) < 4.78 is 5.69. The molecule has 0 saturated carbocycles. The molecule has 118 valence electrons. The fourth-order valence-corrected chi connectivity index (χ4v) is 3.89. The highest BCUT2D eigenvalue weighted by atomic mass is 32.2. The number of aliphatic hydroxyl groups is 1. The number of esters is 1. The molecule has 2 aliphatic heterocycles. The Balaban J connectivity index is 2.25. The van der Waals surface area contributed by atoms with Crippen LogP contribution in [0.15, 0.2) is 16.5 Å². The molecule has 1 spiro atoms. The number of oxime groups is 1. The van der Waals surface area contributed by atoms with Crippen LogP contribution in [0.2, 0.25) is 0 Å². The number of rotatable bonds is 5. The molecule has 0 radical (unpaired) electrons. The van der Waals surface area contributed by atoms with Crippen LogP contribution in [0, 0.1) is 0 Å². The van der Waals surface area contributed by atoms with Gasteiger partial charge in [0.1, 0.15) is 23.5 Å². The van der Waals surface area contributed by atoms with Crippen molar-refractivity contribution in [2.75, 3.05) is 18.1 Å². The number of hydrogen-bond donors (Lipinski definition) is 1. The third-order valence-corrected chi connectivity index (χ3v) is 4.96. The van der Waals surface area contributed by atoms with Gasteiger partial charge in [0, 0.05) is 12.2 Å². The van der Waals surface area contributed by atoms with Crippen LogP contribution >= 0.6 is 11.8 Å². The van der Waals surface area contributed by atoms with Gasteiger partial charge in [-0.2, -0.15) is 11.8 Å². The Kier molecular flexibility index (Phi) is 5.56. The van der Waals surface area contributed by atoms with Crippen molar-refractivity contribution < 1.29 is 19.5 Å². The van der Waals surface area contributed by atoms with Gasteiger partial charge in [-0.1, -0.05) is 18.5 Å². The summed E-state index contributed by atoms with van der Waals surface area (Å²) in [6.45, 7) is 4.25. The zero-order chi connectivity index (χ0) is 15.3. The Morgan fingerprint density at radius 1 is 1.52 bits per heavy atom. The zero-order valence-corrected chi connectivity index (χ0v) is 13.5. The Morgan fingerprint density at radius 3 is 2.90 bits per heavy atom. The van der Waals surface area contributed by atoms with E-state index in [0.717, 1.165) is 30.8 Å². The maximum Gasteiger partial charge on any atom is 0.344 e. The summed E-state index contributed by atoms with van der Waals surface area (Å²) in [6, 6.07) is 0. The predicted molar refractivity (Wildman–Crippen MR) is 83.6 cm³/mol. The Morgan fingerprint density at radius 2 is 2.33 bits per heavy atom. The maximum atomic E-state index is 12.4. The van der Waals surface area contributed by atoms with Crippen LogP contribution in [0.25, 0.3) is 0 Å². The van der Waals surface area contributed by atoms with E-state index in [2.05, 4.69) is 5.16 Å². The monoisotopic (exact) mass is 313 g/mol. The number of thioether (sulfide) groups is 1. The lowest BCUT2D eigenvalue weighted by Crippen LogP contribution is -2.45. The standard InChI is InChI=1S/C15H23NO4S/c1-3-6-11(16-19-4-2)13-12(17)9-15(20-14(13)18)7-5-8-21-10-15/h17H,3-10H2,1-2H3/b16-11+. The summed E-state index contributed by atoms with van der Waals surface area (Å²) in [7, 11) is 0. The Hall–Kier alpha value is -1.17. The first kappa shape index (κ1) is 16.2. The van der Waals surface area contributed by atoms with Gasteiger partial charge in [0.05, 0.1) is 5.71 Å². The fraction of sp³-hybridized carbons (Fsp3) is 0.733. The Labute approximate surface area is 129 Å². The minimum atomic E-state index is -0.531. The van der Waals surface area contributed by atoms with Crippen molar-refractivity contribution in [1.29, 1.82) is 0 Å². The number of hydrogen-bond acceptors (Lipinski definition) is 6. The van der Waals surface area contributed by atoms with Crippen molar-refractivity contribution in [3.63, 3.8) is 0 Å². The molecule has 0 aliphatic carbocycles. The first-order valence-electron chi connectivity index (χ1n) is 7.54. The normalized spacial score (nSPS) is 27.0. The van der Waals surface area contributed by atoms with E-state index in [1.165, 1.54) is 0 Å². The van der Waals surface area contributed by atoms with Crippen LogP contribution in [0.4, 0.5) is 0 Å². The van der Waals surface area contributed by atoms with E-state index in [9.17, 15) is 9.90 Å². The molecule has 6 heteroatoms. The van der Waals surface area contributed by atoms with Crippen LogP contribution in [0.3, 0.4) is 0 Å². The molecule has 5 nitrogen and oxygen atoms in total. The third-order valence-electron chi connectivity index (χ3n) is 3.66. The molecule has 0 amide bonds. The molecule has 0 bridgehead atoms. The van der Waals surface area contributed by atoms with Crippen molar-refractivity contribution in [2.45, 2.75) is 51.6 Å². The van der Waals surface area contributed by atoms with Gasteiger partial charge in [-0.15, -0.1) is 0 Å². The molecule has 1 N–H and O–H groups in total. The lowest BCUT2D eigenvalue weighted by Gasteiger charge is -2.39. The second-order valence-corrected chi connectivity index (χ2v) is 6.54. The molecule has 2 aliphatic rings. The molecule has 0 aromatic rings. The number of carbonyl (C=O) groups excluding carboxylic acids is 1. The number of nitrogens with zero attached hydrogens (tertiary/aromatic N) is 1. The fourth-order valence-electron chi connectivity index (χ4n) is 2.72. The highest BCUT2D eigenvalue weighted by molar-refractivity contribution is 7.99. The van der Waals surface area contributed by atoms with E-state index >= 15 is 0 Å². The second-order valence-electron chi connectivity index (χ2n) is 5.43. The van der Waals surface area contributed by atoms with Crippen LogP contribution in [0.5, 0.6) is 0 Å². The number of ether oxygens (including phenoxy) is 1. The molecular formula is C15H23NO4S. The first-order chi connectivity index (χ1) is 10.1. The second kappa shape index (κ2) is 7.20. The van der Waals surface area contributed by atoms with Gasteiger partial charge in [-0.3, -0.25) is 0 Å². The molecule has 0 aromatic carbocycles. The quantitative estimate of drug-likeness (QED) is 0.479. The summed E-state index contributed by atoms with van der Waals surface area (Å²) in [5.41, 5.74) is 0.155. The van der Waals surface area contributed by atoms with Gasteiger partial charge >= 0.3 is 5.97 Å². The molecule has 1 unspecified atom stereocenters. The van der Waals surface area contributed by atoms with Crippen molar-refractivity contribution in [3.05, 3.63) is 11.3 Å². The van der Waals surface area contributed by atoms with E-state index in [-0.39, 0.29) is 11.3 Å². The summed E-state index contributed by atoms with van der Waals surface area (Å²) in [5, 5.41) is 14.4. The van der Waals surface area contributed by atoms with E-state index in [4.69, 9.17) is 9.57 Å². The predicted octanol–water partition coefficient (Wildman–Crippen LogP) is 3.20. The van der Waals surface area contributed by atoms with Crippen molar-refractivity contribution in [3.8, 4) is 0 Å². The van der Waals surface area contributed by atoms with E-state index in [1.54, 1.807) is 11.8 Å². The minimum Gasteiger partial charge on any atom is -0.511 e. The topological polar surface area (TPSA) is 68.1 Å². The van der Waals surface area contributed by atoms with Crippen molar-refractivity contribution in [2.24, 2.45) is 5.16 Å². The van der Waals surface area contributed by atoms with Crippen LogP contribution in [-0.4, -0.2) is 40.5 Å². The van der Waals surface area contributed by atoms with Gasteiger partial charge < -0.3 is 14.7 Å². The highest BCUT2D eigenvalue weighted by Crippen LogP contribution is 2.39. The van der Waals surface area contributed by atoms with Gasteiger partial charge in [0.2, 0.25) is 0 Å². The van der Waals surface area contributed by atoms with Gasteiger partial charge in [-0.05, 0) is 31.9 Å². The summed E-state index contributed by atoms with van der Waals surface area (Å²) >= 11 is 1.77. The molecule has 2 rings (SSSR count). The van der Waals surface area contributed by atoms with Crippen LogP contribution < -0.4 is 0 Å². The van der Waals surface area contributed by atoms with E-state index in [1.807, 2.05) is 13.8 Å². The van der Waals surface area contributed by atoms with E-state index < -0.39 is 11.6 Å². The molecule has 0 aromatic heterocycles. The zero-order valence-electron chi connectivity index (χ0n) is 12.7. The van der Waals surface area contributed by atoms with Gasteiger partial charge in [-0.25, -0.2) is 4.79 Å². The summed E-state index contributed by atoms with van der Waals surface area (Å²) in [5.74, 6) is 1.47. The maximum absolute atomic E-state index is 12.4. The first-order valence-corrected chi connectivity index (χ1v) is 8.69. The van der Waals surface area contributed by atoms with Gasteiger partial charge in [0.15, 0.2) is 0 Å². The smallest absolute Gasteiger partial charge is 0.344 e. The SMILES string of the molecule is CCC/C(=N\OCC)C1=C(O)CC2(CCCSC2)OC1=O. The lowest BCUT2D eigenvalue weighted by atomic mass is 9.88. The largest absolute Gasteiger partial charge is 0.511 e. The molecule has 2 heterocycles. The summed E-state index contributed by atoms with van der Waals surface area (Å²) in [4.78, 5) is 17.4. The highest BCUT2D eigenvalue weighted by Gasteiger charge is 2.44. The van der Waals surface area contributed by atoms with Crippen LogP contribution in [0.1, 0.15) is 46.0 Å². The number of carbonyl (C=O) groups is 1. The van der Waals surface area contributed by atoms with Crippen LogP contribution in [-0.2, 0) is 14.4 Å². The molecule has 1 saturated heterocycles. The third kappa shape index (κ3) is 3.73. The average Bonchev–Trinajstić information content (AvgIpc) is 2.44. The Bertz CT molecular complexity index is 453. The molecule has 1 atom stereocenters. The number of aliphatic hydroxyl groups excluding tert-OH is 1. The van der Waals surface area contributed by atoms with Gasteiger partial charge in [0.25, 0.3) is 0 Å². The van der Waals surface area contributed by atoms with Crippen molar-refractivity contribution >= 4 is 23.4 Å². The molecule has 1 fully saturated rings. The lowest BCUT2D eigenvalue weighted by molar-refractivity contribution is -0.156. The van der Waals surface area contributed by atoms with Crippen molar-refractivity contribution in [1.82, 2.24) is 0 Å². The minimum absolute atomic E-state index is 0.0978. The molecule has 21 heavy (non-hydrogen) atoms.